The first kappa shape index (κ1) is 13.2. The second-order valence-electron chi connectivity index (χ2n) is 6.18. The van der Waals surface area contributed by atoms with Gasteiger partial charge in [-0.15, -0.1) is 0 Å². The third kappa shape index (κ3) is 1.63. The number of fused-ring (bicyclic) bond motifs is 2. The minimum atomic E-state index is -0.297. The Bertz CT molecular complexity index is 693. The normalized spacial score (nSPS) is 28.6. The molecule has 4 rings (SSSR count). The second-order valence-corrected chi connectivity index (χ2v) is 6.18. The van der Waals surface area contributed by atoms with Crippen molar-refractivity contribution in [2.75, 3.05) is 26.8 Å². The third-order valence-corrected chi connectivity index (χ3v) is 5.28. The largest absolute Gasteiger partial charge is 0.496 e. The van der Waals surface area contributed by atoms with E-state index in [1.54, 1.807) is 7.11 Å². The number of ether oxygens (including phenoxy) is 2. The zero-order valence-electron chi connectivity index (χ0n) is 12.9. The minimum absolute atomic E-state index is 0.297. The van der Waals surface area contributed by atoms with Gasteiger partial charge in [0.25, 0.3) is 0 Å². The van der Waals surface area contributed by atoms with Gasteiger partial charge < -0.3 is 14.5 Å². The molecule has 0 spiro atoms. The number of likely N-dealkylation sites (N-methyl/N-ethyl adjacent to an activating group) is 1. The van der Waals surface area contributed by atoms with Crippen LogP contribution >= 0.6 is 0 Å². The lowest BCUT2D eigenvalue weighted by atomic mass is 9.75. The minimum Gasteiger partial charge on any atom is -0.496 e. The number of morpholine rings is 1. The topological polar surface area (TPSA) is 37.5 Å². The van der Waals surface area contributed by atoms with Gasteiger partial charge in [-0.2, -0.15) is 0 Å². The smallest absolute Gasteiger partial charge is 0.125 e. The molecule has 1 N–H and O–H groups in total. The van der Waals surface area contributed by atoms with Gasteiger partial charge in [-0.25, -0.2) is 0 Å². The zero-order valence-corrected chi connectivity index (χ0v) is 12.9. The highest BCUT2D eigenvalue weighted by molar-refractivity contribution is 5.91. The van der Waals surface area contributed by atoms with Crippen LogP contribution in [0.4, 0.5) is 0 Å². The molecule has 4 heteroatoms. The average molecular weight is 286 g/mol. The van der Waals surface area contributed by atoms with Gasteiger partial charge in [0, 0.05) is 35.2 Å². The summed E-state index contributed by atoms with van der Waals surface area (Å²) in [7, 11) is 1.75. The van der Waals surface area contributed by atoms with Crippen molar-refractivity contribution in [3.63, 3.8) is 0 Å². The van der Waals surface area contributed by atoms with Crippen LogP contribution in [0.15, 0.2) is 18.3 Å². The summed E-state index contributed by atoms with van der Waals surface area (Å²) in [5.41, 5.74) is 3.48. The first-order chi connectivity index (χ1) is 10.2. The van der Waals surface area contributed by atoms with Crippen molar-refractivity contribution in [1.82, 2.24) is 9.88 Å². The Morgan fingerprint density at radius 1 is 1.48 bits per heavy atom. The molecule has 2 aromatic rings. The van der Waals surface area contributed by atoms with E-state index in [0.29, 0.717) is 6.04 Å². The number of methoxy groups -OCH3 is 1. The second kappa shape index (κ2) is 4.49. The molecule has 0 saturated carbocycles. The van der Waals surface area contributed by atoms with Gasteiger partial charge in [-0.3, -0.25) is 4.90 Å². The standard InChI is InChI=1S/C17H22N2O2/c1-4-19-7-8-21-17(2)14(19)9-11-10-18-12-5-6-13(20-3)16(17)15(11)12/h5-6,10,14,18H,4,7-9H2,1-3H3. The molecule has 2 heterocycles. The number of hydrogen-bond donors (Lipinski definition) is 1. The molecule has 2 atom stereocenters. The molecule has 1 aliphatic carbocycles. The summed E-state index contributed by atoms with van der Waals surface area (Å²) in [6.45, 7) is 7.31. The molecule has 112 valence electrons. The molecule has 0 bridgehead atoms. The Kier molecular flexibility index (Phi) is 2.81. The summed E-state index contributed by atoms with van der Waals surface area (Å²) in [5.74, 6) is 0.938. The van der Waals surface area contributed by atoms with Crippen molar-refractivity contribution in [1.29, 1.82) is 0 Å². The average Bonchev–Trinajstić information content (AvgIpc) is 2.91. The number of aromatic nitrogens is 1. The fourth-order valence-electron chi connectivity index (χ4n) is 4.22. The van der Waals surface area contributed by atoms with Crippen molar-refractivity contribution in [3.8, 4) is 5.75 Å². The van der Waals surface area contributed by atoms with Crippen LogP contribution in [0.2, 0.25) is 0 Å². The van der Waals surface area contributed by atoms with Gasteiger partial charge >= 0.3 is 0 Å². The van der Waals surface area contributed by atoms with Gasteiger partial charge in [0.15, 0.2) is 0 Å². The fourth-order valence-corrected chi connectivity index (χ4v) is 4.22. The number of benzene rings is 1. The molecule has 2 aliphatic rings. The van der Waals surface area contributed by atoms with Crippen LogP contribution in [0.25, 0.3) is 10.9 Å². The summed E-state index contributed by atoms with van der Waals surface area (Å²) in [5, 5.41) is 1.30. The molecular weight excluding hydrogens is 264 g/mol. The number of H-pyrrole nitrogens is 1. The molecule has 1 aliphatic heterocycles. The van der Waals surface area contributed by atoms with E-state index in [0.717, 1.165) is 31.9 Å². The number of nitrogens with zero attached hydrogens (tertiary/aromatic N) is 1. The highest BCUT2D eigenvalue weighted by Crippen LogP contribution is 2.49. The molecule has 1 fully saturated rings. The van der Waals surface area contributed by atoms with Crippen LogP contribution in [0.1, 0.15) is 25.0 Å². The molecule has 21 heavy (non-hydrogen) atoms. The first-order valence-corrected chi connectivity index (χ1v) is 7.74. The van der Waals surface area contributed by atoms with Crippen LogP contribution in [-0.4, -0.2) is 42.7 Å². The van der Waals surface area contributed by atoms with Crippen molar-refractivity contribution in [2.45, 2.75) is 31.9 Å². The van der Waals surface area contributed by atoms with Crippen LogP contribution in [0, 0.1) is 0 Å². The predicted octanol–water partition coefficient (Wildman–Crippen LogP) is 2.67. The maximum Gasteiger partial charge on any atom is 0.125 e. The van der Waals surface area contributed by atoms with Crippen molar-refractivity contribution >= 4 is 10.9 Å². The van der Waals surface area contributed by atoms with Crippen molar-refractivity contribution in [2.24, 2.45) is 0 Å². The number of aromatic amines is 1. The Balaban J connectivity index is 2.00. The van der Waals surface area contributed by atoms with E-state index in [9.17, 15) is 0 Å². The van der Waals surface area contributed by atoms with Gasteiger partial charge in [0.05, 0.1) is 13.7 Å². The van der Waals surface area contributed by atoms with Gasteiger partial charge in [-0.05, 0) is 37.6 Å². The van der Waals surface area contributed by atoms with Gasteiger partial charge in [0.2, 0.25) is 0 Å². The van der Waals surface area contributed by atoms with E-state index in [1.807, 2.05) is 0 Å². The summed E-state index contributed by atoms with van der Waals surface area (Å²) in [6, 6.07) is 4.53. The van der Waals surface area contributed by atoms with E-state index < -0.39 is 0 Å². The predicted molar refractivity (Wildman–Crippen MR) is 82.9 cm³/mol. The monoisotopic (exact) mass is 286 g/mol. The zero-order chi connectivity index (χ0) is 14.6. The molecule has 0 amide bonds. The van der Waals surface area contributed by atoms with E-state index in [2.05, 4.69) is 42.1 Å². The van der Waals surface area contributed by atoms with Crippen LogP contribution in [0.5, 0.6) is 5.75 Å². The lowest BCUT2D eigenvalue weighted by molar-refractivity contribution is -0.144. The van der Waals surface area contributed by atoms with Crippen LogP contribution in [-0.2, 0) is 16.8 Å². The molecular formula is C17H22N2O2. The summed E-state index contributed by atoms with van der Waals surface area (Å²) in [4.78, 5) is 5.94. The number of hydrogen-bond acceptors (Lipinski definition) is 3. The van der Waals surface area contributed by atoms with E-state index >= 15 is 0 Å². The Morgan fingerprint density at radius 2 is 2.33 bits per heavy atom. The van der Waals surface area contributed by atoms with Crippen molar-refractivity contribution in [3.05, 3.63) is 29.5 Å². The maximum atomic E-state index is 6.32. The Hall–Kier alpha value is -1.52. The summed E-state index contributed by atoms with van der Waals surface area (Å²) < 4.78 is 12.0. The first-order valence-electron chi connectivity index (χ1n) is 7.74. The molecule has 1 saturated heterocycles. The molecule has 0 radical (unpaired) electrons. The third-order valence-electron chi connectivity index (χ3n) is 5.28. The van der Waals surface area contributed by atoms with E-state index in [4.69, 9.17) is 9.47 Å². The molecule has 1 aromatic heterocycles. The number of nitrogens with one attached hydrogen (secondary N) is 1. The molecule has 4 nitrogen and oxygen atoms in total. The highest BCUT2D eigenvalue weighted by atomic mass is 16.5. The van der Waals surface area contributed by atoms with Crippen LogP contribution in [0.3, 0.4) is 0 Å². The lowest BCUT2D eigenvalue weighted by Crippen LogP contribution is -2.58. The van der Waals surface area contributed by atoms with E-state index in [1.165, 1.54) is 22.0 Å². The maximum absolute atomic E-state index is 6.32. The summed E-state index contributed by atoms with van der Waals surface area (Å²) in [6.07, 6.45) is 3.18. The summed E-state index contributed by atoms with van der Waals surface area (Å²) >= 11 is 0. The highest BCUT2D eigenvalue weighted by Gasteiger charge is 2.48. The Labute approximate surface area is 125 Å². The quantitative estimate of drug-likeness (QED) is 0.922. The lowest BCUT2D eigenvalue weighted by Gasteiger charge is -2.50. The Morgan fingerprint density at radius 3 is 3.10 bits per heavy atom. The van der Waals surface area contributed by atoms with Gasteiger partial charge in [0.1, 0.15) is 11.4 Å². The SMILES string of the molecule is CCN1CCOC2(C)c3c(OC)ccc4[nH]cc(c34)CC12. The van der Waals surface area contributed by atoms with E-state index in [-0.39, 0.29) is 5.60 Å². The number of rotatable bonds is 2. The molecule has 1 aromatic carbocycles. The van der Waals surface area contributed by atoms with Gasteiger partial charge in [-0.1, -0.05) is 6.92 Å². The van der Waals surface area contributed by atoms with Crippen LogP contribution < -0.4 is 4.74 Å². The molecule has 2 unspecified atom stereocenters. The fraction of sp³-hybridized carbons (Fsp3) is 0.529. The van der Waals surface area contributed by atoms with Crippen molar-refractivity contribution < 1.29 is 9.47 Å².